The minimum atomic E-state index is -0.602. The summed E-state index contributed by atoms with van der Waals surface area (Å²) in [5, 5.41) is 2.41. The van der Waals surface area contributed by atoms with E-state index in [-0.39, 0.29) is 5.78 Å². The summed E-state index contributed by atoms with van der Waals surface area (Å²) in [6.45, 7) is 11.2. The molecule has 0 atom stereocenters. The van der Waals surface area contributed by atoms with Crippen molar-refractivity contribution in [1.82, 2.24) is 4.90 Å². The summed E-state index contributed by atoms with van der Waals surface area (Å²) in [4.78, 5) is 20.8. The van der Waals surface area contributed by atoms with Gasteiger partial charge in [0.1, 0.15) is 5.75 Å². The summed E-state index contributed by atoms with van der Waals surface area (Å²) < 4.78 is 5.69. The van der Waals surface area contributed by atoms with Crippen LogP contribution in [-0.2, 0) is 6.42 Å². The molecule has 154 valence electrons. The molecule has 0 saturated heterocycles. The number of hydrogen-bond acceptors (Lipinski definition) is 4. The van der Waals surface area contributed by atoms with Crippen LogP contribution in [0.25, 0.3) is 5.57 Å². The van der Waals surface area contributed by atoms with Gasteiger partial charge in [0.25, 0.3) is 0 Å². The van der Waals surface area contributed by atoms with Crippen molar-refractivity contribution in [2.75, 3.05) is 26.7 Å². The highest BCUT2D eigenvalue weighted by molar-refractivity contribution is 6.31. The molecule has 5 heteroatoms. The maximum absolute atomic E-state index is 13.5. The third kappa shape index (κ3) is 4.24. The second-order valence-corrected chi connectivity index (χ2v) is 8.24. The van der Waals surface area contributed by atoms with Crippen molar-refractivity contribution in [3.8, 4) is 5.75 Å². The van der Waals surface area contributed by atoms with Crippen LogP contribution in [0, 0.1) is 0 Å². The molecule has 29 heavy (non-hydrogen) atoms. The van der Waals surface area contributed by atoms with Gasteiger partial charge in [0, 0.05) is 33.5 Å². The lowest BCUT2D eigenvalue weighted by molar-refractivity contribution is 0.104. The fourth-order valence-corrected chi connectivity index (χ4v) is 4.16. The molecule has 0 N–H and O–H groups in total. The number of benzene rings is 2. The third-order valence-corrected chi connectivity index (χ3v) is 5.89. The van der Waals surface area contributed by atoms with Crippen LogP contribution >= 0.6 is 11.6 Å². The molecule has 0 radical (unpaired) electrons. The van der Waals surface area contributed by atoms with Crippen LogP contribution < -0.4 is 15.3 Å². The standard InChI is InChI=1S/C24H29ClN2O2/c1-6-27(7-2)15-14-18-20(29-5)13-12-19-21(18)22(24(3,4)26-19)23(28)16-8-10-17(25)11-9-16/h8-13H,6-7,14-15H2,1-5H3. The average molecular weight is 413 g/mol. The number of nitrogens with zero attached hydrogens (tertiary/aromatic N) is 2. The molecule has 0 bridgehead atoms. The van der Waals surface area contributed by atoms with Crippen molar-refractivity contribution >= 4 is 23.0 Å². The van der Waals surface area contributed by atoms with Crippen molar-refractivity contribution in [2.24, 2.45) is 4.99 Å². The minimum Gasteiger partial charge on any atom is -0.496 e. The monoisotopic (exact) mass is 412 g/mol. The zero-order valence-electron chi connectivity index (χ0n) is 17.9. The highest BCUT2D eigenvalue weighted by Gasteiger charge is 2.34. The first-order valence-corrected chi connectivity index (χ1v) is 10.5. The second kappa shape index (κ2) is 8.68. The van der Waals surface area contributed by atoms with E-state index in [0.717, 1.165) is 53.5 Å². The Balaban J connectivity index is 2.21. The summed E-state index contributed by atoms with van der Waals surface area (Å²) in [6, 6.07) is 11.0. The first-order chi connectivity index (χ1) is 13.8. The summed E-state index contributed by atoms with van der Waals surface area (Å²) in [6.07, 6.45) is 0.803. The highest BCUT2D eigenvalue weighted by atomic mass is 35.5. The van der Waals surface area contributed by atoms with E-state index in [0.29, 0.717) is 10.6 Å². The predicted molar refractivity (Wildman–Crippen MR) is 119 cm³/mol. The normalized spacial score (nSPS) is 14.7. The largest absolute Gasteiger partial charge is 0.496 e. The molecule has 3 rings (SSSR count). The molecule has 2 aromatic rings. The summed E-state index contributed by atoms with van der Waals surface area (Å²) in [5.74, 6) is 0.803. The number of Topliss-reactive ketones (excluding diaryl/α,β-unsaturated/α-hetero) is 1. The van der Waals surface area contributed by atoms with Gasteiger partial charge in [0.2, 0.25) is 0 Å². The van der Waals surface area contributed by atoms with Gasteiger partial charge in [-0.1, -0.05) is 25.4 Å². The lowest BCUT2D eigenvalue weighted by Crippen LogP contribution is -2.34. The predicted octanol–water partition coefficient (Wildman–Crippen LogP) is 3.68. The molecule has 0 saturated carbocycles. The maximum Gasteiger partial charge on any atom is 0.192 e. The van der Waals surface area contributed by atoms with Gasteiger partial charge in [0.05, 0.1) is 18.0 Å². The van der Waals surface area contributed by atoms with Crippen LogP contribution in [0.1, 0.15) is 43.6 Å². The van der Waals surface area contributed by atoms with Gasteiger partial charge in [-0.3, -0.25) is 9.79 Å². The summed E-state index contributed by atoms with van der Waals surface area (Å²) in [5.41, 5.74) is 1.81. The lowest BCUT2D eigenvalue weighted by Gasteiger charge is -2.21. The highest BCUT2D eigenvalue weighted by Crippen LogP contribution is 2.29. The number of rotatable bonds is 8. The van der Waals surface area contributed by atoms with E-state index in [1.807, 2.05) is 26.0 Å². The van der Waals surface area contributed by atoms with E-state index in [2.05, 4.69) is 18.7 Å². The molecule has 0 unspecified atom stereocenters. The van der Waals surface area contributed by atoms with Crippen molar-refractivity contribution < 1.29 is 9.53 Å². The van der Waals surface area contributed by atoms with Gasteiger partial charge in [-0.2, -0.15) is 0 Å². The molecule has 1 aliphatic rings. The van der Waals surface area contributed by atoms with Crippen molar-refractivity contribution in [3.05, 3.63) is 63.1 Å². The Morgan fingerprint density at radius 2 is 1.76 bits per heavy atom. The Morgan fingerprint density at radius 3 is 2.34 bits per heavy atom. The SMILES string of the molecule is CCN(CC)CCc1c(OC)ccc2c1=C(C(=O)c1ccc(Cl)cc1)C(C)(C)N=2. The number of ketones is 1. The van der Waals surface area contributed by atoms with Crippen LogP contribution in [0.2, 0.25) is 5.02 Å². The van der Waals surface area contributed by atoms with E-state index < -0.39 is 5.54 Å². The maximum atomic E-state index is 13.5. The number of likely N-dealkylation sites (N-methyl/N-ethyl adjacent to an activating group) is 1. The van der Waals surface area contributed by atoms with E-state index in [1.165, 1.54) is 0 Å². The van der Waals surface area contributed by atoms with Crippen molar-refractivity contribution in [1.29, 1.82) is 0 Å². The Bertz CT molecular complexity index is 1020. The topological polar surface area (TPSA) is 41.9 Å². The molecule has 0 aliphatic carbocycles. The first-order valence-electron chi connectivity index (χ1n) is 10.2. The number of carbonyl (C=O) groups excluding carboxylic acids is 1. The number of halogens is 1. The van der Waals surface area contributed by atoms with Gasteiger partial charge in [-0.25, -0.2) is 0 Å². The summed E-state index contributed by atoms with van der Waals surface area (Å²) >= 11 is 6.02. The van der Waals surface area contributed by atoms with Crippen LogP contribution in [-0.4, -0.2) is 43.0 Å². The Hall–Kier alpha value is -2.17. The molecular formula is C24H29ClN2O2. The summed E-state index contributed by atoms with van der Waals surface area (Å²) in [7, 11) is 1.68. The smallest absolute Gasteiger partial charge is 0.192 e. The molecule has 0 spiro atoms. The quantitative estimate of drug-likeness (QED) is 0.621. The fourth-order valence-electron chi connectivity index (χ4n) is 4.04. The van der Waals surface area contributed by atoms with Crippen LogP contribution in [0.4, 0.5) is 0 Å². The zero-order valence-corrected chi connectivity index (χ0v) is 18.6. The van der Waals surface area contributed by atoms with Gasteiger partial charge in [0.15, 0.2) is 5.78 Å². The van der Waals surface area contributed by atoms with E-state index in [9.17, 15) is 4.79 Å². The van der Waals surface area contributed by atoms with E-state index in [1.54, 1.807) is 31.4 Å². The Kier molecular flexibility index (Phi) is 6.45. The molecule has 1 aliphatic heterocycles. The van der Waals surface area contributed by atoms with Gasteiger partial charge >= 0.3 is 0 Å². The van der Waals surface area contributed by atoms with Gasteiger partial charge < -0.3 is 9.64 Å². The van der Waals surface area contributed by atoms with Gasteiger partial charge in [-0.15, -0.1) is 0 Å². The first kappa shape index (κ1) is 21.5. The molecule has 0 aromatic heterocycles. The number of carbonyl (C=O) groups is 1. The van der Waals surface area contributed by atoms with Crippen LogP contribution in [0.15, 0.2) is 41.4 Å². The number of ether oxygens (including phenoxy) is 1. The van der Waals surface area contributed by atoms with Crippen molar-refractivity contribution in [2.45, 2.75) is 39.7 Å². The third-order valence-electron chi connectivity index (χ3n) is 5.64. The lowest BCUT2D eigenvalue weighted by atomic mass is 9.87. The van der Waals surface area contributed by atoms with Crippen LogP contribution in [0.5, 0.6) is 5.75 Å². The number of hydrogen-bond donors (Lipinski definition) is 0. The second-order valence-electron chi connectivity index (χ2n) is 7.80. The van der Waals surface area contributed by atoms with Crippen molar-refractivity contribution in [3.63, 3.8) is 0 Å². The van der Waals surface area contributed by atoms with Gasteiger partial charge in [-0.05, 0) is 69.8 Å². The Morgan fingerprint density at radius 1 is 1.10 bits per heavy atom. The molecule has 0 amide bonds. The number of fused-ring (bicyclic) bond motifs is 1. The molecule has 0 fully saturated rings. The molecule has 2 aromatic carbocycles. The molecule has 1 heterocycles. The fraction of sp³-hybridized carbons (Fsp3) is 0.417. The molecular weight excluding hydrogens is 384 g/mol. The Labute approximate surface area is 177 Å². The van der Waals surface area contributed by atoms with E-state index in [4.69, 9.17) is 21.3 Å². The number of methoxy groups -OCH3 is 1. The average Bonchev–Trinajstić information content (AvgIpc) is 2.98. The van der Waals surface area contributed by atoms with Crippen LogP contribution in [0.3, 0.4) is 0 Å². The minimum absolute atomic E-state index is 0.00786. The van der Waals surface area contributed by atoms with E-state index >= 15 is 0 Å². The zero-order chi connectivity index (χ0) is 21.2. The molecule has 4 nitrogen and oxygen atoms in total.